The van der Waals surface area contributed by atoms with E-state index in [-0.39, 0.29) is 5.91 Å². The highest BCUT2D eigenvalue weighted by Gasteiger charge is 2.17. The third-order valence-electron chi connectivity index (χ3n) is 3.45. The number of hydrogen-bond donors (Lipinski definition) is 3. The van der Waals surface area contributed by atoms with E-state index in [1.807, 2.05) is 37.4 Å². The first-order valence-corrected chi connectivity index (χ1v) is 7.93. The first-order valence-electron chi connectivity index (χ1n) is 7.11. The molecule has 0 saturated heterocycles. The number of benzene rings is 1. The van der Waals surface area contributed by atoms with E-state index < -0.39 is 6.04 Å². The molecule has 3 aromatic rings. The van der Waals surface area contributed by atoms with Crippen molar-refractivity contribution in [3.8, 4) is 0 Å². The quantitative estimate of drug-likeness (QED) is 0.671. The maximum atomic E-state index is 12.2. The molecule has 0 fully saturated rings. The Morgan fingerprint density at radius 1 is 1.41 bits per heavy atom. The van der Waals surface area contributed by atoms with Gasteiger partial charge in [0.15, 0.2) is 0 Å². The van der Waals surface area contributed by atoms with Crippen molar-refractivity contribution < 1.29 is 4.79 Å². The number of anilines is 1. The number of aromatic nitrogens is 3. The van der Waals surface area contributed by atoms with Gasteiger partial charge in [0.1, 0.15) is 5.01 Å². The lowest BCUT2D eigenvalue weighted by molar-refractivity contribution is -0.117. The van der Waals surface area contributed by atoms with Crippen molar-refractivity contribution in [1.29, 1.82) is 0 Å². The summed E-state index contributed by atoms with van der Waals surface area (Å²) in [5.74, 6) is -0.246. The number of aryl methyl sites for hydroxylation is 1. The van der Waals surface area contributed by atoms with Crippen molar-refractivity contribution in [2.24, 2.45) is 5.73 Å². The molecule has 0 aliphatic carbocycles. The maximum absolute atomic E-state index is 12.2. The maximum Gasteiger partial charge on any atom is 0.243 e. The monoisotopic (exact) mass is 315 g/mol. The molecule has 7 heteroatoms. The standard InChI is InChI=1S/C15H17N5OS/c1-2-13-19-20-15(22-13)18-14(21)11(16)7-9-8-17-12-6-4-3-5-10(9)12/h3-6,8,11,17H,2,7,16H2,1H3,(H,18,20,21)/t11-/m0/s1. The van der Waals surface area contributed by atoms with Gasteiger partial charge in [-0.15, -0.1) is 10.2 Å². The Balaban J connectivity index is 1.68. The second-order valence-corrected chi connectivity index (χ2v) is 6.08. The zero-order valence-electron chi connectivity index (χ0n) is 12.2. The summed E-state index contributed by atoms with van der Waals surface area (Å²) >= 11 is 1.37. The van der Waals surface area contributed by atoms with Crippen LogP contribution in [0.5, 0.6) is 0 Å². The van der Waals surface area contributed by atoms with Crippen molar-refractivity contribution >= 4 is 33.3 Å². The number of para-hydroxylation sites is 1. The van der Waals surface area contributed by atoms with Gasteiger partial charge in [-0.2, -0.15) is 0 Å². The largest absolute Gasteiger partial charge is 0.361 e. The predicted molar refractivity (Wildman–Crippen MR) is 87.9 cm³/mol. The second kappa shape index (κ2) is 6.25. The Labute approximate surface area is 131 Å². The summed E-state index contributed by atoms with van der Waals surface area (Å²) in [6.45, 7) is 1.99. The van der Waals surface area contributed by atoms with Crippen LogP contribution in [0.15, 0.2) is 30.5 Å². The fourth-order valence-electron chi connectivity index (χ4n) is 2.28. The van der Waals surface area contributed by atoms with Crippen LogP contribution in [0.25, 0.3) is 10.9 Å². The van der Waals surface area contributed by atoms with Gasteiger partial charge in [0.05, 0.1) is 6.04 Å². The summed E-state index contributed by atoms with van der Waals surface area (Å²) in [5, 5.41) is 13.1. The number of aromatic amines is 1. The SMILES string of the molecule is CCc1nnc(NC(=O)[C@@H](N)Cc2c[nH]c3ccccc23)s1. The molecule has 3 rings (SSSR count). The van der Waals surface area contributed by atoms with Crippen LogP contribution < -0.4 is 11.1 Å². The molecule has 0 aliphatic rings. The van der Waals surface area contributed by atoms with Crippen LogP contribution in [0.1, 0.15) is 17.5 Å². The molecule has 1 aromatic carbocycles. The molecule has 1 amide bonds. The number of nitrogens with zero attached hydrogens (tertiary/aromatic N) is 2. The number of carbonyl (C=O) groups is 1. The van der Waals surface area contributed by atoms with Crippen molar-refractivity contribution in [2.75, 3.05) is 5.32 Å². The fourth-order valence-corrected chi connectivity index (χ4v) is 2.96. The van der Waals surface area contributed by atoms with Gasteiger partial charge in [0.2, 0.25) is 11.0 Å². The highest BCUT2D eigenvalue weighted by molar-refractivity contribution is 7.15. The van der Waals surface area contributed by atoms with Crippen molar-refractivity contribution in [3.05, 3.63) is 41.0 Å². The van der Waals surface area contributed by atoms with Gasteiger partial charge in [-0.3, -0.25) is 10.1 Å². The van der Waals surface area contributed by atoms with Crippen LogP contribution in [0.3, 0.4) is 0 Å². The highest BCUT2D eigenvalue weighted by atomic mass is 32.1. The normalized spacial score (nSPS) is 12.5. The summed E-state index contributed by atoms with van der Waals surface area (Å²) in [6, 6.07) is 7.32. The van der Waals surface area contributed by atoms with E-state index in [1.165, 1.54) is 11.3 Å². The first-order chi connectivity index (χ1) is 10.7. The van der Waals surface area contributed by atoms with E-state index in [9.17, 15) is 4.79 Å². The van der Waals surface area contributed by atoms with Gasteiger partial charge in [-0.05, 0) is 24.5 Å². The summed E-state index contributed by atoms with van der Waals surface area (Å²) in [6.07, 6.45) is 3.17. The van der Waals surface area contributed by atoms with E-state index in [1.54, 1.807) is 0 Å². The lowest BCUT2D eigenvalue weighted by Gasteiger charge is -2.09. The number of rotatable bonds is 5. The average molecular weight is 315 g/mol. The Bertz CT molecular complexity index is 794. The molecule has 2 aromatic heterocycles. The molecule has 114 valence electrons. The number of hydrogen-bond acceptors (Lipinski definition) is 5. The van der Waals surface area contributed by atoms with E-state index in [4.69, 9.17) is 5.73 Å². The van der Waals surface area contributed by atoms with E-state index in [0.29, 0.717) is 11.6 Å². The van der Waals surface area contributed by atoms with Crippen molar-refractivity contribution in [3.63, 3.8) is 0 Å². The Morgan fingerprint density at radius 2 is 2.23 bits per heavy atom. The summed E-state index contributed by atoms with van der Waals surface area (Å²) < 4.78 is 0. The third-order valence-corrected chi connectivity index (χ3v) is 4.43. The Morgan fingerprint density at radius 3 is 3.00 bits per heavy atom. The van der Waals surface area contributed by atoms with Crippen LogP contribution in [0.2, 0.25) is 0 Å². The molecule has 0 radical (unpaired) electrons. The van der Waals surface area contributed by atoms with Gasteiger partial charge >= 0.3 is 0 Å². The molecule has 0 unspecified atom stereocenters. The lowest BCUT2D eigenvalue weighted by Crippen LogP contribution is -2.37. The molecule has 0 saturated carbocycles. The van der Waals surface area contributed by atoms with Gasteiger partial charge < -0.3 is 10.7 Å². The second-order valence-electron chi connectivity index (χ2n) is 5.01. The number of nitrogens with two attached hydrogens (primary N) is 1. The topological polar surface area (TPSA) is 96.7 Å². The molecule has 2 heterocycles. The van der Waals surface area contributed by atoms with Crippen molar-refractivity contribution in [1.82, 2.24) is 15.2 Å². The highest BCUT2D eigenvalue weighted by Crippen LogP contribution is 2.20. The number of carbonyl (C=O) groups excluding carboxylic acids is 1. The average Bonchev–Trinajstić information content (AvgIpc) is 3.14. The van der Waals surface area contributed by atoms with Gasteiger partial charge in [-0.25, -0.2) is 0 Å². The van der Waals surface area contributed by atoms with Gasteiger partial charge in [-0.1, -0.05) is 36.5 Å². The number of fused-ring (bicyclic) bond motifs is 1. The van der Waals surface area contributed by atoms with Crippen LogP contribution in [-0.4, -0.2) is 27.1 Å². The zero-order chi connectivity index (χ0) is 15.5. The number of nitrogens with one attached hydrogen (secondary N) is 2. The van der Waals surface area contributed by atoms with Crippen LogP contribution >= 0.6 is 11.3 Å². The van der Waals surface area contributed by atoms with E-state index >= 15 is 0 Å². The van der Waals surface area contributed by atoms with Crippen LogP contribution in [0.4, 0.5) is 5.13 Å². The molecule has 4 N–H and O–H groups in total. The minimum absolute atomic E-state index is 0.246. The Hall–Kier alpha value is -2.25. The number of H-pyrrole nitrogens is 1. The Kier molecular flexibility index (Phi) is 4.17. The lowest BCUT2D eigenvalue weighted by atomic mass is 10.1. The molecule has 6 nitrogen and oxygen atoms in total. The molecule has 0 spiro atoms. The first kappa shape index (κ1) is 14.7. The molecule has 22 heavy (non-hydrogen) atoms. The van der Waals surface area contributed by atoms with Gasteiger partial charge in [0, 0.05) is 17.1 Å². The minimum Gasteiger partial charge on any atom is -0.361 e. The fraction of sp³-hybridized carbons (Fsp3) is 0.267. The predicted octanol–water partition coefficient (Wildman–Crippen LogP) is 2.09. The van der Waals surface area contributed by atoms with E-state index in [0.717, 1.165) is 27.9 Å². The number of amides is 1. The van der Waals surface area contributed by atoms with Crippen LogP contribution in [-0.2, 0) is 17.6 Å². The molecular formula is C15H17N5OS. The zero-order valence-corrected chi connectivity index (χ0v) is 13.0. The third kappa shape index (κ3) is 3.00. The van der Waals surface area contributed by atoms with Gasteiger partial charge in [0.25, 0.3) is 0 Å². The minimum atomic E-state index is -0.631. The molecular weight excluding hydrogens is 298 g/mol. The summed E-state index contributed by atoms with van der Waals surface area (Å²) in [4.78, 5) is 15.4. The summed E-state index contributed by atoms with van der Waals surface area (Å²) in [7, 11) is 0. The van der Waals surface area contributed by atoms with Crippen molar-refractivity contribution in [2.45, 2.75) is 25.8 Å². The van der Waals surface area contributed by atoms with E-state index in [2.05, 4.69) is 20.5 Å². The molecule has 1 atom stereocenters. The smallest absolute Gasteiger partial charge is 0.243 e. The summed E-state index contributed by atoms with van der Waals surface area (Å²) in [5.41, 5.74) is 8.09. The molecule has 0 bridgehead atoms. The molecule has 0 aliphatic heterocycles. The van der Waals surface area contributed by atoms with Crippen LogP contribution in [0, 0.1) is 0 Å².